The van der Waals surface area contributed by atoms with Crippen molar-refractivity contribution in [2.75, 3.05) is 39.3 Å². The first-order valence-electron chi connectivity index (χ1n) is 7.96. The van der Waals surface area contributed by atoms with Crippen molar-refractivity contribution >= 4 is 18.3 Å². The van der Waals surface area contributed by atoms with Gasteiger partial charge in [0.2, 0.25) is 5.91 Å². The summed E-state index contributed by atoms with van der Waals surface area (Å²) < 4.78 is 0. The SMILES string of the molecule is CC(CNC(=O)C1CCNCC1)CN1CCCCC1.Cl. The molecule has 0 spiro atoms. The van der Waals surface area contributed by atoms with E-state index in [0.717, 1.165) is 39.0 Å². The molecule has 0 bridgehead atoms. The Bertz CT molecular complexity index is 276. The maximum absolute atomic E-state index is 12.0. The van der Waals surface area contributed by atoms with E-state index in [-0.39, 0.29) is 24.2 Å². The van der Waals surface area contributed by atoms with Crippen molar-refractivity contribution in [1.82, 2.24) is 15.5 Å². The maximum atomic E-state index is 12.0. The van der Waals surface area contributed by atoms with Crippen LogP contribution in [-0.2, 0) is 4.79 Å². The lowest BCUT2D eigenvalue weighted by atomic mass is 9.97. The minimum Gasteiger partial charge on any atom is -0.356 e. The molecule has 2 fully saturated rings. The Balaban J connectivity index is 0.00000200. The van der Waals surface area contributed by atoms with Gasteiger partial charge in [-0.1, -0.05) is 13.3 Å². The molecule has 2 rings (SSSR count). The molecule has 1 amide bonds. The zero-order valence-electron chi connectivity index (χ0n) is 12.7. The van der Waals surface area contributed by atoms with Gasteiger partial charge in [0.05, 0.1) is 0 Å². The van der Waals surface area contributed by atoms with Gasteiger partial charge in [-0.05, 0) is 57.8 Å². The van der Waals surface area contributed by atoms with Crippen molar-refractivity contribution in [1.29, 1.82) is 0 Å². The first-order valence-corrected chi connectivity index (χ1v) is 7.96. The minimum atomic E-state index is 0. The van der Waals surface area contributed by atoms with Crippen LogP contribution in [0.15, 0.2) is 0 Å². The molecule has 0 radical (unpaired) electrons. The quantitative estimate of drug-likeness (QED) is 0.812. The highest BCUT2D eigenvalue weighted by atomic mass is 35.5. The average Bonchev–Trinajstić information content (AvgIpc) is 2.47. The Hall–Kier alpha value is -0.320. The Kier molecular flexibility index (Phi) is 8.50. The predicted octanol–water partition coefficient (Wildman–Crippen LogP) is 1.65. The number of rotatable bonds is 5. The van der Waals surface area contributed by atoms with Gasteiger partial charge in [-0.2, -0.15) is 0 Å². The highest BCUT2D eigenvalue weighted by Crippen LogP contribution is 2.13. The molecule has 5 heteroatoms. The van der Waals surface area contributed by atoms with Crippen LogP contribution in [-0.4, -0.2) is 50.1 Å². The Morgan fingerprint density at radius 3 is 2.55 bits per heavy atom. The van der Waals surface area contributed by atoms with Crippen LogP contribution in [0.4, 0.5) is 0 Å². The van der Waals surface area contributed by atoms with Crippen LogP contribution in [0.3, 0.4) is 0 Å². The van der Waals surface area contributed by atoms with Gasteiger partial charge in [0, 0.05) is 19.0 Å². The minimum absolute atomic E-state index is 0. The second kappa shape index (κ2) is 9.59. The smallest absolute Gasteiger partial charge is 0.223 e. The number of hydrogen-bond acceptors (Lipinski definition) is 3. The standard InChI is InChI=1S/C15H29N3O.ClH/c1-13(12-18-9-3-2-4-10-18)11-17-15(19)14-5-7-16-8-6-14;/h13-14,16H,2-12H2,1H3,(H,17,19);1H. The molecule has 0 aromatic heterocycles. The monoisotopic (exact) mass is 303 g/mol. The summed E-state index contributed by atoms with van der Waals surface area (Å²) in [6.45, 7) is 8.67. The summed E-state index contributed by atoms with van der Waals surface area (Å²) in [5.74, 6) is 1.07. The van der Waals surface area contributed by atoms with Crippen LogP contribution >= 0.6 is 12.4 Å². The largest absolute Gasteiger partial charge is 0.356 e. The van der Waals surface area contributed by atoms with Gasteiger partial charge in [0.25, 0.3) is 0 Å². The van der Waals surface area contributed by atoms with Gasteiger partial charge in [-0.3, -0.25) is 4.79 Å². The molecule has 118 valence electrons. The molecule has 0 aromatic carbocycles. The molecule has 1 atom stereocenters. The second-order valence-corrected chi connectivity index (χ2v) is 6.24. The normalized spacial score (nSPS) is 22.9. The van der Waals surface area contributed by atoms with Crippen molar-refractivity contribution in [3.8, 4) is 0 Å². The number of likely N-dealkylation sites (tertiary alicyclic amines) is 1. The molecule has 20 heavy (non-hydrogen) atoms. The molecule has 1 unspecified atom stereocenters. The summed E-state index contributed by atoms with van der Waals surface area (Å²) in [5.41, 5.74) is 0. The van der Waals surface area contributed by atoms with Gasteiger partial charge in [-0.25, -0.2) is 0 Å². The first kappa shape index (κ1) is 17.7. The predicted molar refractivity (Wildman–Crippen MR) is 85.3 cm³/mol. The molecular weight excluding hydrogens is 274 g/mol. The molecule has 4 nitrogen and oxygen atoms in total. The topological polar surface area (TPSA) is 44.4 Å². The third-order valence-corrected chi connectivity index (χ3v) is 4.35. The summed E-state index contributed by atoms with van der Waals surface area (Å²) in [4.78, 5) is 14.6. The summed E-state index contributed by atoms with van der Waals surface area (Å²) in [6, 6.07) is 0. The summed E-state index contributed by atoms with van der Waals surface area (Å²) >= 11 is 0. The van der Waals surface area contributed by atoms with Gasteiger partial charge in [-0.15, -0.1) is 12.4 Å². The highest BCUT2D eigenvalue weighted by Gasteiger charge is 2.21. The Morgan fingerprint density at radius 1 is 1.25 bits per heavy atom. The van der Waals surface area contributed by atoms with E-state index >= 15 is 0 Å². The molecule has 2 N–H and O–H groups in total. The first-order chi connectivity index (χ1) is 9.25. The van der Waals surface area contributed by atoms with Crippen molar-refractivity contribution in [3.05, 3.63) is 0 Å². The number of piperidine rings is 2. The number of amides is 1. The van der Waals surface area contributed by atoms with Gasteiger partial charge in [0.15, 0.2) is 0 Å². The fraction of sp³-hybridized carbons (Fsp3) is 0.933. The number of nitrogens with one attached hydrogen (secondary N) is 2. The van der Waals surface area contributed by atoms with Crippen LogP contribution < -0.4 is 10.6 Å². The van der Waals surface area contributed by atoms with Crippen LogP contribution in [0.1, 0.15) is 39.0 Å². The molecule has 0 aliphatic carbocycles. The van der Waals surface area contributed by atoms with Crippen molar-refractivity contribution in [2.24, 2.45) is 11.8 Å². The Morgan fingerprint density at radius 2 is 1.90 bits per heavy atom. The average molecular weight is 304 g/mol. The number of carbonyl (C=O) groups is 1. The van der Waals surface area contributed by atoms with Crippen LogP contribution in [0.25, 0.3) is 0 Å². The van der Waals surface area contributed by atoms with Crippen molar-refractivity contribution in [2.45, 2.75) is 39.0 Å². The zero-order chi connectivity index (χ0) is 13.5. The molecule has 2 saturated heterocycles. The lowest BCUT2D eigenvalue weighted by Crippen LogP contribution is -2.42. The van der Waals surface area contributed by atoms with E-state index in [1.54, 1.807) is 0 Å². The van der Waals surface area contributed by atoms with E-state index in [0.29, 0.717) is 5.92 Å². The van der Waals surface area contributed by atoms with Gasteiger partial charge < -0.3 is 15.5 Å². The third-order valence-electron chi connectivity index (χ3n) is 4.35. The van der Waals surface area contributed by atoms with Gasteiger partial charge in [0.1, 0.15) is 0 Å². The van der Waals surface area contributed by atoms with E-state index in [9.17, 15) is 4.79 Å². The van der Waals surface area contributed by atoms with Crippen LogP contribution in [0.5, 0.6) is 0 Å². The van der Waals surface area contributed by atoms with E-state index in [1.165, 1.54) is 32.4 Å². The number of carbonyl (C=O) groups excluding carboxylic acids is 1. The van der Waals surface area contributed by atoms with E-state index in [1.807, 2.05) is 0 Å². The van der Waals surface area contributed by atoms with Gasteiger partial charge >= 0.3 is 0 Å². The number of halogens is 1. The fourth-order valence-electron chi connectivity index (χ4n) is 3.15. The summed E-state index contributed by atoms with van der Waals surface area (Å²) in [5, 5.41) is 6.45. The molecule has 2 aliphatic heterocycles. The molecule has 2 heterocycles. The van der Waals surface area contributed by atoms with E-state index in [2.05, 4.69) is 22.5 Å². The van der Waals surface area contributed by atoms with Crippen LogP contribution in [0.2, 0.25) is 0 Å². The molecule has 0 aromatic rings. The Labute approximate surface area is 129 Å². The molecule has 2 aliphatic rings. The second-order valence-electron chi connectivity index (χ2n) is 6.24. The molecule has 0 saturated carbocycles. The highest BCUT2D eigenvalue weighted by molar-refractivity contribution is 5.85. The van der Waals surface area contributed by atoms with E-state index < -0.39 is 0 Å². The van der Waals surface area contributed by atoms with E-state index in [4.69, 9.17) is 0 Å². The van der Waals surface area contributed by atoms with Crippen molar-refractivity contribution in [3.63, 3.8) is 0 Å². The fourth-order valence-corrected chi connectivity index (χ4v) is 3.15. The summed E-state index contributed by atoms with van der Waals surface area (Å²) in [6.07, 6.45) is 6.05. The van der Waals surface area contributed by atoms with Crippen molar-refractivity contribution < 1.29 is 4.79 Å². The number of nitrogens with zero attached hydrogens (tertiary/aromatic N) is 1. The molecular formula is C15H30ClN3O. The zero-order valence-corrected chi connectivity index (χ0v) is 13.5. The third kappa shape index (κ3) is 5.98. The number of hydrogen-bond donors (Lipinski definition) is 2. The summed E-state index contributed by atoms with van der Waals surface area (Å²) in [7, 11) is 0. The maximum Gasteiger partial charge on any atom is 0.223 e. The lowest BCUT2D eigenvalue weighted by Gasteiger charge is -2.29. The lowest BCUT2D eigenvalue weighted by molar-refractivity contribution is -0.125. The van der Waals surface area contributed by atoms with Crippen LogP contribution in [0, 0.1) is 11.8 Å².